The molecule has 0 amide bonds. The summed E-state index contributed by atoms with van der Waals surface area (Å²) in [5, 5.41) is 4.40. The number of nitrogens with zero attached hydrogens (tertiary/aromatic N) is 3. The van der Waals surface area contributed by atoms with Gasteiger partial charge < -0.3 is 5.32 Å². The summed E-state index contributed by atoms with van der Waals surface area (Å²) in [6.45, 7) is 2.47. The third kappa shape index (κ3) is 2.93. The molecular weight excluding hydrogens is 340 g/mol. The second-order valence-corrected chi connectivity index (χ2v) is 6.27. The molecule has 25 heavy (non-hydrogen) atoms. The molecule has 0 radical (unpaired) electrons. The number of pyridine rings is 1. The van der Waals surface area contributed by atoms with Gasteiger partial charge in [-0.1, -0.05) is 36.7 Å². The van der Waals surface area contributed by atoms with E-state index in [-0.39, 0.29) is 5.56 Å². The molecule has 1 aromatic carbocycles. The van der Waals surface area contributed by atoms with E-state index in [9.17, 15) is 9.59 Å². The number of hydrogen-bond acceptors (Lipinski definition) is 4. The first-order chi connectivity index (χ1) is 12.0. The van der Waals surface area contributed by atoms with Crippen molar-refractivity contribution in [2.45, 2.75) is 19.9 Å². The van der Waals surface area contributed by atoms with Gasteiger partial charge in [0.2, 0.25) is 0 Å². The summed E-state index contributed by atoms with van der Waals surface area (Å²) in [5.74, 6) is 0. The molecule has 0 fully saturated rings. The Kier molecular flexibility index (Phi) is 4.63. The normalized spacial score (nSPS) is 11.0. The Bertz CT molecular complexity index is 1070. The van der Waals surface area contributed by atoms with E-state index in [0.29, 0.717) is 34.7 Å². The maximum absolute atomic E-state index is 12.7. The lowest BCUT2D eigenvalue weighted by Gasteiger charge is -2.16. The van der Waals surface area contributed by atoms with Crippen molar-refractivity contribution in [2.24, 2.45) is 14.1 Å². The van der Waals surface area contributed by atoms with Crippen LogP contribution in [0.3, 0.4) is 0 Å². The number of anilines is 1. The molecule has 1 N–H and O–H groups in total. The SMILES string of the molecule is CCc1cnc2c(c1NCc1ccccc1Cl)c(=O)n(C)c(=O)n2C. The Morgan fingerprint density at radius 3 is 2.52 bits per heavy atom. The summed E-state index contributed by atoms with van der Waals surface area (Å²) in [7, 11) is 3.08. The van der Waals surface area contributed by atoms with Crippen LogP contribution in [-0.2, 0) is 27.1 Å². The van der Waals surface area contributed by atoms with E-state index in [1.165, 1.54) is 11.6 Å². The Labute approximate surface area is 149 Å². The van der Waals surface area contributed by atoms with Gasteiger partial charge in [0, 0.05) is 31.9 Å². The van der Waals surface area contributed by atoms with Gasteiger partial charge >= 0.3 is 5.69 Å². The number of aromatic nitrogens is 3. The summed E-state index contributed by atoms with van der Waals surface area (Å²) < 4.78 is 2.49. The lowest BCUT2D eigenvalue weighted by atomic mass is 10.1. The molecule has 0 saturated heterocycles. The zero-order valence-electron chi connectivity index (χ0n) is 14.3. The number of hydrogen-bond donors (Lipinski definition) is 1. The van der Waals surface area contributed by atoms with Gasteiger partial charge in [0.05, 0.1) is 5.69 Å². The molecule has 0 saturated carbocycles. The topological polar surface area (TPSA) is 68.9 Å². The monoisotopic (exact) mass is 358 g/mol. The highest BCUT2D eigenvalue weighted by atomic mass is 35.5. The molecular formula is C18H19ClN4O2. The summed E-state index contributed by atoms with van der Waals surface area (Å²) in [5.41, 5.74) is 2.15. The van der Waals surface area contributed by atoms with Crippen LogP contribution >= 0.6 is 11.6 Å². The van der Waals surface area contributed by atoms with Crippen molar-refractivity contribution >= 4 is 28.3 Å². The van der Waals surface area contributed by atoms with Crippen LogP contribution in [-0.4, -0.2) is 14.1 Å². The molecule has 2 aromatic heterocycles. The van der Waals surface area contributed by atoms with Gasteiger partial charge in [-0.15, -0.1) is 0 Å². The average molecular weight is 359 g/mol. The average Bonchev–Trinajstić information content (AvgIpc) is 2.63. The predicted molar refractivity (Wildman–Crippen MR) is 100 cm³/mol. The Morgan fingerprint density at radius 2 is 1.84 bits per heavy atom. The highest BCUT2D eigenvalue weighted by Gasteiger charge is 2.16. The highest BCUT2D eigenvalue weighted by molar-refractivity contribution is 6.31. The lowest BCUT2D eigenvalue weighted by Crippen LogP contribution is -2.37. The predicted octanol–water partition coefficient (Wildman–Crippen LogP) is 2.46. The maximum atomic E-state index is 12.7. The largest absolute Gasteiger partial charge is 0.380 e. The Morgan fingerprint density at radius 1 is 1.12 bits per heavy atom. The van der Waals surface area contributed by atoms with Crippen molar-refractivity contribution in [2.75, 3.05) is 5.32 Å². The Hall–Kier alpha value is -2.60. The third-order valence-electron chi connectivity index (χ3n) is 4.34. The summed E-state index contributed by atoms with van der Waals surface area (Å²) in [6.07, 6.45) is 2.41. The van der Waals surface area contributed by atoms with E-state index in [1.54, 1.807) is 13.2 Å². The molecule has 0 bridgehead atoms. The minimum absolute atomic E-state index is 0.359. The first kappa shape index (κ1) is 17.2. The second-order valence-electron chi connectivity index (χ2n) is 5.86. The van der Waals surface area contributed by atoms with Gasteiger partial charge in [0.1, 0.15) is 5.39 Å². The molecule has 0 spiro atoms. The van der Waals surface area contributed by atoms with Gasteiger partial charge in [0.15, 0.2) is 5.65 Å². The fraction of sp³-hybridized carbons (Fsp3) is 0.278. The maximum Gasteiger partial charge on any atom is 0.332 e. The number of aryl methyl sites for hydroxylation is 2. The van der Waals surface area contributed by atoms with Crippen LogP contribution in [0.1, 0.15) is 18.1 Å². The molecule has 0 aliphatic heterocycles. The van der Waals surface area contributed by atoms with Crippen LogP contribution in [0.25, 0.3) is 11.0 Å². The second kappa shape index (κ2) is 6.72. The van der Waals surface area contributed by atoms with Gasteiger partial charge in [-0.25, -0.2) is 9.78 Å². The zero-order valence-corrected chi connectivity index (χ0v) is 15.1. The highest BCUT2D eigenvalue weighted by Crippen LogP contribution is 2.25. The molecule has 0 aliphatic carbocycles. The number of halogens is 1. The van der Waals surface area contributed by atoms with E-state index in [4.69, 9.17) is 11.6 Å². The van der Waals surface area contributed by atoms with Gasteiger partial charge in [-0.3, -0.25) is 13.9 Å². The molecule has 2 heterocycles. The van der Waals surface area contributed by atoms with Crippen molar-refractivity contribution in [3.05, 3.63) is 67.4 Å². The zero-order chi connectivity index (χ0) is 18.1. The molecule has 3 rings (SSSR count). The number of rotatable bonds is 4. The molecule has 7 heteroatoms. The van der Waals surface area contributed by atoms with Crippen LogP contribution in [0, 0.1) is 0 Å². The standard InChI is InChI=1S/C18H19ClN4O2/c1-4-11-9-21-16-14(17(24)23(3)18(25)22(16)2)15(11)20-10-12-7-5-6-8-13(12)19/h5-9H,4,10H2,1-3H3,(H,20,21). The summed E-state index contributed by atoms with van der Waals surface area (Å²) in [6, 6.07) is 7.54. The van der Waals surface area contributed by atoms with Crippen LogP contribution in [0.4, 0.5) is 5.69 Å². The number of fused-ring (bicyclic) bond motifs is 1. The van der Waals surface area contributed by atoms with Crippen molar-refractivity contribution in [3.8, 4) is 0 Å². The Balaban J connectivity index is 2.20. The quantitative estimate of drug-likeness (QED) is 0.777. The molecule has 3 aromatic rings. The van der Waals surface area contributed by atoms with Crippen LogP contribution in [0.2, 0.25) is 5.02 Å². The molecule has 0 unspecified atom stereocenters. The number of nitrogens with one attached hydrogen (secondary N) is 1. The van der Waals surface area contributed by atoms with Crippen molar-refractivity contribution in [1.82, 2.24) is 14.1 Å². The molecule has 0 atom stereocenters. The van der Waals surface area contributed by atoms with Crippen molar-refractivity contribution in [1.29, 1.82) is 0 Å². The molecule has 130 valence electrons. The van der Waals surface area contributed by atoms with Gasteiger partial charge in [-0.05, 0) is 23.6 Å². The van der Waals surface area contributed by atoms with Crippen LogP contribution < -0.4 is 16.6 Å². The van der Waals surface area contributed by atoms with E-state index >= 15 is 0 Å². The first-order valence-electron chi connectivity index (χ1n) is 8.00. The van der Waals surface area contributed by atoms with E-state index in [0.717, 1.165) is 15.7 Å². The fourth-order valence-electron chi connectivity index (χ4n) is 2.86. The minimum atomic E-state index is -0.397. The van der Waals surface area contributed by atoms with Gasteiger partial charge in [-0.2, -0.15) is 0 Å². The van der Waals surface area contributed by atoms with E-state index < -0.39 is 5.69 Å². The van der Waals surface area contributed by atoms with E-state index in [2.05, 4.69) is 10.3 Å². The first-order valence-corrected chi connectivity index (χ1v) is 8.38. The third-order valence-corrected chi connectivity index (χ3v) is 4.71. The van der Waals surface area contributed by atoms with Crippen LogP contribution in [0.5, 0.6) is 0 Å². The minimum Gasteiger partial charge on any atom is -0.380 e. The lowest BCUT2D eigenvalue weighted by molar-refractivity contribution is 0.707. The summed E-state index contributed by atoms with van der Waals surface area (Å²) >= 11 is 6.22. The van der Waals surface area contributed by atoms with Gasteiger partial charge in [0.25, 0.3) is 5.56 Å². The molecule has 0 aliphatic rings. The summed E-state index contributed by atoms with van der Waals surface area (Å²) in [4.78, 5) is 29.2. The smallest absolute Gasteiger partial charge is 0.332 e. The van der Waals surface area contributed by atoms with Crippen molar-refractivity contribution in [3.63, 3.8) is 0 Å². The fourth-order valence-corrected chi connectivity index (χ4v) is 3.07. The van der Waals surface area contributed by atoms with Crippen molar-refractivity contribution < 1.29 is 0 Å². The van der Waals surface area contributed by atoms with Crippen LogP contribution in [0.15, 0.2) is 40.1 Å². The van der Waals surface area contributed by atoms with E-state index in [1.807, 2.05) is 31.2 Å². The number of benzene rings is 1. The molecule has 6 nitrogen and oxygen atoms in total.